The molecule has 1 saturated heterocycles. The number of likely N-dealkylation sites (N-methyl/N-ethyl adjacent to an activating group) is 1. The minimum absolute atomic E-state index is 0.0738. The molecule has 0 spiro atoms. The van der Waals surface area contributed by atoms with Gasteiger partial charge in [-0.3, -0.25) is 19.2 Å². The molecule has 37 heavy (non-hydrogen) atoms. The molecule has 10 heteroatoms. The maximum atomic E-state index is 13.9. The molecule has 208 valence electrons. The molecule has 0 aromatic rings. The zero-order valence-electron chi connectivity index (χ0n) is 23.7. The van der Waals surface area contributed by atoms with Crippen molar-refractivity contribution >= 4 is 29.6 Å². The third-order valence-corrected chi connectivity index (χ3v) is 7.88. The Morgan fingerprint density at radius 2 is 1.59 bits per heavy atom. The van der Waals surface area contributed by atoms with Crippen molar-refractivity contribution in [2.75, 3.05) is 13.6 Å². The predicted octanol–water partition coefficient (Wildman–Crippen LogP) is 2.01. The number of hydrogen-bond acceptors (Lipinski definition) is 6. The first-order valence-electron chi connectivity index (χ1n) is 13.2. The van der Waals surface area contributed by atoms with E-state index >= 15 is 0 Å². The molecule has 2 unspecified atom stereocenters. The average Bonchev–Trinajstić information content (AvgIpc) is 3.60. The molecule has 5 atom stereocenters. The summed E-state index contributed by atoms with van der Waals surface area (Å²) in [7, 11) is 1.38. The van der Waals surface area contributed by atoms with Gasteiger partial charge < -0.3 is 25.6 Å². The van der Waals surface area contributed by atoms with Gasteiger partial charge in [-0.25, -0.2) is 4.79 Å². The average molecular weight is 521 g/mol. The molecule has 3 fully saturated rings. The Bertz CT molecular complexity index is 959. The Balaban J connectivity index is 1.83. The van der Waals surface area contributed by atoms with Crippen LogP contribution in [0.5, 0.6) is 0 Å². The van der Waals surface area contributed by atoms with E-state index in [1.807, 2.05) is 20.8 Å². The topological polar surface area (TPSA) is 134 Å². The zero-order chi connectivity index (χ0) is 28.1. The number of Topliss-reactive ketones (excluding diaryl/α,β-unsaturated/α-hetero) is 1. The van der Waals surface area contributed by atoms with Crippen molar-refractivity contribution < 1.29 is 28.7 Å². The summed E-state index contributed by atoms with van der Waals surface area (Å²) in [4.78, 5) is 66.5. The van der Waals surface area contributed by atoms with E-state index in [2.05, 4.69) is 29.8 Å². The van der Waals surface area contributed by atoms with Crippen LogP contribution >= 0.6 is 0 Å². The van der Waals surface area contributed by atoms with Gasteiger partial charge in [-0.05, 0) is 55.8 Å². The van der Waals surface area contributed by atoms with E-state index < -0.39 is 52.8 Å². The summed E-state index contributed by atoms with van der Waals surface area (Å²) in [6, 6.07) is -2.65. The van der Waals surface area contributed by atoms with Crippen LogP contribution in [0.4, 0.5) is 4.79 Å². The largest absolute Gasteiger partial charge is 0.444 e. The highest BCUT2D eigenvalue weighted by Gasteiger charge is 2.70. The molecule has 3 rings (SSSR count). The number of alkyl carbamates (subject to hydrolysis) is 1. The van der Waals surface area contributed by atoms with Crippen LogP contribution in [0.2, 0.25) is 0 Å². The molecule has 1 heterocycles. The monoisotopic (exact) mass is 520 g/mol. The van der Waals surface area contributed by atoms with Crippen molar-refractivity contribution in [3.05, 3.63) is 0 Å². The quantitative estimate of drug-likeness (QED) is 0.419. The lowest BCUT2D eigenvalue weighted by Crippen LogP contribution is -2.60. The van der Waals surface area contributed by atoms with Gasteiger partial charge in [0.25, 0.3) is 5.91 Å². The Kier molecular flexibility index (Phi) is 7.74. The van der Waals surface area contributed by atoms with E-state index in [9.17, 15) is 24.0 Å². The summed E-state index contributed by atoms with van der Waals surface area (Å²) >= 11 is 0. The highest BCUT2D eigenvalue weighted by molar-refractivity contribution is 6.38. The number of amides is 4. The summed E-state index contributed by atoms with van der Waals surface area (Å²) in [5.41, 5.74) is -1.52. The van der Waals surface area contributed by atoms with Gasteiger partial charge in [-0.1, -0.05) is 47.5 Å². The third-order valence-electron chi connectivity index (χ3n) is 7.88. The van der Waals surface area contributed by atoms with Crippen molar-refractivity contribution in [3.8, 4) is 0 Å². The van der Waals surface area contributed by atoms with E-state index in [0.29, 0.717) is 18.9 Å². The Hall–Kier alpha value is -2.65. The molecule has 0 bridgehead atoms. The number of nitrogens with one attached hydrogen (secondary N) is 3. The number of rotatable bonds is 8. The molecule has 10 nitrogen and oxygen atoms in total. The summed E-state index contributed by atoms with van der Waals surface area (Å²) in [6.45, 7) is 15.3. The van der Waals surface area contributed by atoms with Gasteiger partial charge in [0, 0.05) is 13.6 Å². The minimum Gasteiger partial charge on any atom is -0.444 e. The van der Waals surface area contributed by atoms with Crippen LogP contribution in [0, 0.1) is 28.6 Å². The number of ketones is 1. The van der Waals surface area contributed by atoms with Gasteiger partial charge in [-0.15, -0.1) is 0 Å². The summed E-state index contributed by atoms with van der Waals surface area (Å²) < 4.78 is 5.39. The van der Waals surface area contributed by atoms with Crippen molar-refractivity contribution in [2.45, 2.75) is 98.4 Å². The zero-order valence-corrected chi connectivity index (χ0v) is 23.7. The van der Waals surface area contributed by atoms with Crippen molar-refractivity contribution in [1.82, 2.24) is 20.9 Å². The standard InChI is InChI=1S/C27H44N4O6/c1-25(2,3)20(30-24(36)37-26(4,5)6)23(35)31-13-15-17(27(15,7)8)18(31)21(33)29-16(12-14-10-11-14)19(32)22(34)28-9/h14-18,20H,10-13H2,1-9H3,(H,28,34)(H,29,33)(H,30,36)/t15-,16?,17-,18-,20?/m0/s1. The first kappa shape index (κ1) is 28.9. The summed E-state index contributed by atoms with van der Waals surface area (Å²) in [6.07, 6.45) is 1.62. The number of carbonyl (C=O) groups excluding carboxylic acids is 5. The molecule has 0 radical (unpaired) electrons. The number of carbonyl (C=O) groups is 5. The number of ether oxygens (including phenoxy) is 1. The first-order valence-corrected chi connectivity index (χ1v) is 13.2. The predicted molar refractivity (Wildman–Crippen MR) is 137 cm³/mol. The maximum absolute atomic E-state index is 13.9. The third kappa shape index (κ3) is 6.44. The highest BCUT2D eigenvalue weighted by atomic mass is 16.6. The SMILES string of the molecule is CNC(=O)C(=O)C(CC1CC1)NC(=O)[C@@H]1[C@@H]2[C@H](CN1C(=O)C(NC(=O)OC(C)(C)C)C(C)(C)C)C2(C)C. The van der Waals surface area contributed by atoms with E-state index in [1.54, 1.807) is 25.7 Å². The number of hydrogen-bond donors (Lipinski definition) is 3. The van der Waals surface area contributed by atoms with Crippen LogP contribution in [-0.2, 0) is 23.9 Å². The van der Waals surface area contributed by atoms with Crippen molar-refractivity contribution in [1.29, 1.82) is 0 Å². The number of piperidine rings is 1. The maximum Gasteiger partial charge on any atom is 0.408 e. The van der Waals surface area contributed by atoms with Crippen LogP contribution in [0.25, 0.3) is 0 Å². The molecular formula is C27H44N4O6. The molecule has 0 aromatic heterocycles. The molecular weight excluding hydrogens is 476 g/mol. The van der Waals surface area contributed by atoms with E-state index in [-0.39, 0.29) is 23.2 Å². The normalized spacial score (nSPS) is 25.9. The summed E-state index contributed by atoms with van der Waals surface area (Å²) in [5, 5.41) is 7.89. The van der Waals surface area contributed by atoms with Gasteiger partial charge in [0.1, 0.15) is 17.7 Å². The molecule has 3 aliphatic rings. The lowest BCUT2D eigenvalue weighted by atomic mass is 9.85. The smallest absolute Gasteiger partial charge is 0.408 e. The molecule has 2 saturated carbocycles. The Morgan fingerprint density at radius 1 is 1.00 bits per heavy atom. The van der Waals surface area contributed by atoms with Gasteiger partial charge in [0.15, 0.2) is 0 Å². The lowest BCUT2D eigenvalue weighted by Gasteiger charge is -2.38. The minimum atomic E-state index is -0.934. The highest BCUT2D eigenvalue weighted by Crippen LogP contribution is 2.65. The molecule has 0 aromatic carbocycles. The first-order chi connectivity index (χ1) is 16.9. The van der Waals surface area contributed by atoms with Gasteiger partial charge in [0.2, 0.25) is 17.6 Å². The second kappa shape index (κ2) is 9.91. The van der Waals surface area contributed by atoms with Crippen molar-refractivity contribution in [3.63, 3.8) is 0 Å². The number of nitrogens with zero attached hydrogens (tertiary/aromatic N) is 1. The van der Waals surface area contributed by atoms with E-state index in [4.69, 9.17) is 4.74 Å². The van der Waals surface area contributed by atoms with E-state index in [0.717, 1.165) is 12.8 Å². The number of likely N-dealkylation sites (tertiary alicyclic amines) is 1. The Labute approximate surface area is 220 Å². The fourth-order valence-electron chi connectivity index (χ4n) is 5.51. The second-order valence-electron chi connectivity index (χ2n) is 13.5. The summed E-state index contributed by atoms with van der Waals surface area (Å²) in [5.74, 6) is -1.86. The lowest BCUT2D eigenvalue weighted by molar-refractivity contribution is -0.145. The molecule has 1 aliphatic heterocycles. The molecule has 4 amide bonds. The van der Waals surface area contributed by atoms with Crippen LogP contribution in [-0.4, -0.2) is 71.8 Å². The van der Waals surface area contributed by atoms with Gasteiger partial charge in [-0.2, -0.15) is 0 Å². The van der Waals surface area contributed by atoms with Crippen LogP contribution < -0.4 is 16.0 Å². The second-order valence-corrected chi connectivity index (χ2v) is 13.5. The fourth-order valence-corrected chi connectivity index (χ4v) is 5.51. The molecule has 2 aliphatic carbocycles. The molecule has 3 N–H and O–H groups in total. The fraction of sp³-hybridized carbons (Fsp3) is 0.815. The van der Waals surface area contributed by atoms with Gasteiger partial charge >= 0.3 is 6.09 Å². The number of fused-ring (bicyclic) bond motifs is 1. The van der Waals surface area contributed by atoms with E-state index in [1.165, 1.54) is 7.05 Å². The van der Waals surface area contributed by atoms with Crippen molar-refractivity contribution in [2.24, 2.45) is 28.6 Å². The van der Waals surface area contributed by atoms with Gasteiger partial charge in [0.05, 0.1) is 6.04 Å². The van der Waals surface area contributed by atoms with Crippen LogP contribution in [0.15, 0.2) is 0 Å². The van der Waals surface area contributed by atoms with Crippen LogP contribution in [0.1, 0.15) is 74.7 Å². The van der Waals surface area contributed by atoms with Crippen LogP contribution in [0.3, 0.4) is 0 Å². The Morgan fingerprint density at radius 3 is 2.08 bits per heavy atom.